The number of carbonyl (C=O) groups excluding carboxylic acids is 2. The molecule has 0 fully saturated rings. The number of rotatable bonds is 2. The van der Waals surface area contributed by atoms with Gasteiger partial charge in [-0.3, -0.25) is 14.9 Å². The molecule has 0 unspecified atom stereocenters. The molecule has 2 amide bonds. The Hall–Kier alpha value is -3.31. The van der Waals surface area contributed by atoms with Crippen molar-refractivity contribution in [2.24, 2.45) is 0 Å². The van der Waals surface area contributed by atoms with Crippen LogP contribution in [0.4, 0.5) is 0 Å². The molecule has 1 aliphatic rings. The Morgan fingerprint density at radius 2 is 1.04 bits per heavy atom. The van der Waals surface area contributed by atoms with Gasteiger partial charge in [-0.15, -0.1) is 12.4 Å². The van der Waals surface area contributed by atoms with Crippen molar-refractivity contribution in [1.82, 2.24) is 15.3 Å². The molecule has 0 saturated carbocycles. The van der Waals surface area contributed by atoms with Gasteiger partial charge in [0.25, 0.3) is 11.8 Å². The molecule has 0 spiro atoms. The van der Waals surface area contributed by atoms with Crippen LogP contribution in [-0.2, 0) is 9.59 Å². The number of imide groups is 1. The third kappa shape index (κ3) is 2.33. The highest BCUT2D eigenvalue weighted by atomic mass is 35.5. The van der Waals surface area contributed by atoms with E-state index < -0.39 is 0 Å². The van der Waals surface area contributed by atoms with Crippen molar-refractivity contribution in [3.8, 4) is 0 Å². The van der Waals surface area contributed by atoms with Gasteiger partial charge in [0, 0.05) is 21.8 Å². The number of halogens is 1. The van der Waals surface area contributed by atoms with E-state index in [1.807, 2.05) is 60.7 Å². The normalized spacial score (nSPS) is 14.2. The molecule has 3 heterocycles. The highest BCUT2D eigenvalue weighted by Gasteiger charge is 2.33. The van der Waals surface area contributed by atoms with Crippen LogP contribution < -0.4 is 5.32 Å². The lowest BCUT2D eigenvalue weighted by molar-refractivity contribution is -0.122. The summed E-state index contributed by atoms with van der Waals surface area (Å²) < 4.78 is 0. The van der Waals surface area contributed by atoms with E-state index in [2.05, 4.69) is 15.3 Å². The Kier molecular flexibility index (Phi) is 3.67. The average Bonchev–Trinajstić information content (AvgIpc) is 3.28. The Morgan fingerprint density at radius 1 is 0.615 bits per heavy atom. The smallest absolute Gasteiger partial charge is 0.261 e. The van der Waals surface area contributed by atoms with E-state index >= 15 is 0 Å². The molecule has 0 bridgehead atoms. The van der Waals surface area contributed by atoms with Crippen molar-refractivity contribution in [3.63, 3.8) is 0 Å². The molecule has 0 radical (unpaired) electrons. The van der Waals surface area contributed by atoms with Crippen molar-refractivity contribution in [2.75, 3.05) is 0 Å². The summed E-state index contributed by atoms with van der Waals surface area (Å²) in [6.07, 6.45) is 0. The van der Waals surface area contributed by atoms with Gasteiger partial charge in [-0.25, -0.2) is 0 Å². The highest BCUT2D eigenvalue weighted by Crippen LogP contribution is 2.33. The van der Waals surface area contributed by atoms with E-state index in [1.54, 1.807) is 0 Å². The van der Waals surface area contributed by atoms with Crippen molar-refractivity contribution in [2.45, 2.75) is 0 Å². The van der Waals surface area contributed by atoms with E-state index in [0.717, 1.165) is 21.8 Å². The third-order valence-electron chi connectivity index (χ3n) is 4.53. The van der Waals surface area contributed by atoms with Gasteiger partial charge in [-0.2, -0.15) is 0 Å². The lowest BCUT2D eigenvalue weighted by Crippen LogP contribution is -2.22. The van der Waals surface area contributed by atoms with Crippen molar-refractivity contribution < 1.29 is 9.59 Å². The fraction of sp³-hybridized carbons (Fsp3) is 0. The van der Waals surface area contributed by atoms with Crippen LogP contribution in [0.3, 0.4) is 0 Å². The number of hydrogen-bond donors (Lipinski definition) is 3. The van der Waals surface area contributed by atoms with E-state index in [-0.39, 0.29) is 24.2 Å². The second-order valence-electron chi connectivity index (χ2n) is 6.07. The van der Waals surface area contributed by atoms with Crippen LogP contribution >= 0.6 is 12.4 Å². The third-order valence-corrected chi connectivity index (χ3v) is 4.53. The maximum Gasteiger partial charge on any atom is 0.261 e. The Morgan fingerprint density at radius 3 is 1.46 bits per heavy atom. The van der Waals surface area contributed by atoms with Crippen LogP contribution in [-0.4, -0.2) is 21.8 Å². The van der Waals surface area contributed by atoms with Gasteiger partial charge in [0.15, 0.2) is 0 Å². The number of benzene rings is 2. The molecule has 1 aliphatic heterocycles. The predicted molar refractivity (Wildman–Crippen MR) is 104 cm³/mol. The van der Waals surface area contributed by atoms with Crippen molar-refractivity contribution in [3.05, 3.63) is 72.1 Å². The number of fused-ring (bicyclic) bond motifs is 2. The number of hydrogen-bond acceptors (Lipinski definition) is 2. The summed E-state index contributed by atoms with van der Waals surface area (Å²) >= 11 is 0. The molecule has 5 nitrogen and oxygen atoms in total. The molecule has 128 valence electrons. The number of H-pyrrole nitrogens is 2. The zero-order valence-electron chi connectivity index (χ0n) is 13.5. The maximum absolute atomic E-state index is 12.4. The number of para-hydroxylation sites is 2. The lowest BCUT2D eigenvalue weighted by atomic mass is 10.0. The average molecular weight is 364 g/mol. The Labute approximate surface area is 154 Å². The van der Waals surface area contributed by atoms with Gasteiger partial charge < -0.3 is 9.97 Å². The van der Waals surface area contributed by atoms with E-state index in [9.17, 15) is 9.59 Å². The van der Waals surface area contributed by atoms with E-state index in [0.29, 0.717) is 22.5 Å². The van der Waals surface area contributed by atoms with Crippen molar-refractivity contribution in [1.29, 1.82) is 0 Å². The minimum Gasteiger partial charge on any atom is -0.354 e. The van der Waals surface area contributed by atoms with Crippen molar-refractivity contribution >= 4 is 57.2 Å². The number of aromatic nitrogens is 2. The van der Waals surface area contributed by atoms with Gasteiger partial charge in [-0.05, 0) is 24.3 Å². The minimum atomic E-state index is -0.384. The minimum absolute atomic E-state index is 0. The lowest BCUT2D eigenvalue weighted by Gasteiger charge is -2.00. The summed E-state index contributed by atoms with van der Waals surface area (Å²) in [5, 5.41) is 4.40. The molecule has 0 aliphatic carbocycles. The van der Waals surface area contributed by atoms with Crippen LogP contribution in [0.2, 0.25) is 0 Å². The summed E-state index contributed by atoms with van der Waals surface area (Å²) in [4.78, 5) is 31.3. The number of nitrogens with one attached hydrogen (secondary N) is 3. The maximum atomic E-state index is 12.4. The number of aromatic amines is 2. The first kappa shape index (κ1) is 16.2. The standard InChI is InChI=1S/C20H13N3O2.ClH/c24-19-17(15-9-11-5-1-3-7-13(11)21-15)18(20(25)23-19)16-10-12-6-2-4-8-14(12)22-16;/h1-10,21-22H,(H,23,24,25);1H. The topological polar surface area (TPSA) is 77.8 Å². The zero-order chi connectivity index (χ0) is 17.0. The largest absolute Gasteiger partial charge is 0.354 e. The summed E-state index contributed by atoms with van der Waals surface area (Å²) in [6, 6.07) is 19.3. The molecular formula is C20H14ClN3O2. The van der Waals surface area contributed by atoms with Crippen LogP contribution in [0.1, 0.15) is 11.4 Å². The van der Waals surface area contributed by atoms with Gasteiger partial charge in [-0.1, -0.05) is 36.4 Å². The first-order chi connectivity index (χ1) is 12.2. The molecular weight excluding hydrogens is 350 g/mol. The molecule has 26 heavy (non-hydrogen) atoms. The Balaban J connectivity index is 0.00000168. The zero-order valence-corrected chi connectivity index (χ0v) is 14.3. The van der Waals surface area contributed by atoms with E-state index in [4.69, 9.17) is 0 Å². The van der Waals surface area contributed by atoms with Gasteiger partial charge >= 0.3 is 0 Å². The van der Waals surface area contributed by atoms with E-state index in [1.165, 1.54) is 0 Å². The van der Waals surface area contributed by atoms with Crippen LogP contribution in [0.5, 0.6) is 0 Å². The molecule has 2 aromatic carbocycles. The molecule has 5 rings (SSSR count). The number of carbonyl (C=O) groups is 2. The van der Waals surface area contributed by atoms with Gasteiger partial charge in [0.2, 0.25) is 0 Å². The second-order valence-corrected chi connectivity index (χ2v) is 6.07. The number of amides is 2. The molecule has 6 heteroatoms. The fourth-order valence-corrected chi connectivity index (χ4v) is 3.39. The Bertz CT molecular complexity index is 1060. The monoisotopic (exact) mass is 363 g/mol. The first-order valence-electron chi connectivity index (χ1n) is 7.97. The van der Waals surface area contributed by atoms with Gasteiger partial charge in [0.1, 0.15) is 0 Å². The summed E-state index contributed by atoms with van der Waals surface area (Å²) in [5.41, 5.74) is 3.86. The quantitative estimate of drug-likeness (QED) is 0.475. The molecule has 4 aromatic rings. The molecule has 0 saturated heterocycles. The summed E-state index contributed by atoms with van der Waals surface area (Å²) in [5.74, 6) is -0.768. The molecule has 3 N–H and O–H groups in total. The molecule has 2 aromatic heterocycles. The second kappa shape index (κ2) is 5.89. The fourth-order valence-electron chi connectivity index (χ4n) is 3.39. The van der Waals surface area contributed by atoms with Gasteiger partial charge in [0.05, 0.1) is 22.5 Å². The highest BCUT2D eigenvalue weighted by molar-refractivity contribution is 6.49. The van der Waals surface area contributed by atoms with Crippen LogP contribution in [0.25, 0.3) is 33.0 Å². The first-order valence-corrected chi connectivity index (χ1v) is 7.97. The predicted octanol–water partition coefficient (Wildman–Crippen LogP) is 3.64. The summed E-state index contributed by atoms with van der Waals surface area (Å²) in [7, 11) is 0. The van der Waals surface area contributed by atoms with Crippen LogP contribution in [0.15, 0.2) is 60.7 Å². The van der Waals surface area contributed by atoms with Crippen LogP contribution in [0, 0.1) is 0 Å². The summed E-state index contributed by atoms with van der Waals surface area (Å²) in [6.45, 7) is 0. The SMILES string of the molecule is Cl.O=C1NC(=O)C(c2cc3ccccc3[nH]2)=C1c1cc2ccccc2[nH]1. The molecule has 0 atom stereocenters.